The molecule has 238 valence electrons. The molecule has 2 aliphatic heterocycles. The molecule has 2 heterocycles. The van der Waals surface area contributed by atoms with E-state index >= 15 is 0 Å². The number of methoxy groups -OCH3 is 5. The summed E-state index contributed by atoms with van der Waals surface area (Å²) in [5.74, 6) is 1.47. The lowest BCUT2D eigenvalue weighted by molar-refractivity contribution is -0.00197. The van der Waals surface area contributed by atoms with Crippen molar-refractivity contribution in [1.29, 1.82) is 0 Å². The Kier molecular flexibility index (Phi) is 9.45. The molecule has 44 heavy (non-hydrogen) atoms. The largest absolute Gasteiger partial charge is 0.504 e. The van der Waals surface area contributed by atoms with E-state index in [4.69, 9.17) is 37.9 Å². The zero-order valence-corrected chi connectivity index (χ0v) is 25.2. The Morgan fingerprint density at radius 1 is 0.705 bits per heavy atom. The Morgan fingerprint density at radius 3 is 1.64 bits per heavy atom. The zero-order chi connectivity index (χ0) is 31.5. The Hall–Kier alpha value is -4.10. The van der Waals surface area contributed by atoms with Gasteiger partial charge in [0.1, 0.15) is 6.10 Å². The SMILES string of the molecule is COc1cc([C@H](O)[C@@H](CO)Oc2c(OC)cc(C3OCC4C(c5cc(OC)c(O)c(OC)c5)OCC34)cc2OC)ccc1O. The van der Waals surface area contributed by atoms with Crippen LogP contribution in [0.3, 0.4) is 0 Å². The van der Waals surface area contributed by atoms with Gasteiger partial charge in [-0.05, 0) is 53.1 Å². The van der Waals surface area contributed by atoms with Crippen LogP contribution in [0.5, 0.6) is 46.0 Å². The molecule has 12 nitrogen and oxygen atoms in total. The van der Waals surface area contributed by atoms with E-state index in [0.717, 1.165) is 11.1 Å². The molecular formula is C32H38O12. The van der Waals surface area contributed by atoms with E-state index in [-0.39, 0.29) is 47.0 Å². The van der Waals surface area contributed by atoms with E-state index in [1.807, 2.05) is 0 Å². The van der Waals surface area contributed by atoms with Gasteiger partial charge in [-0.15, -0.1) is 0 Å². The predicted molar refractivity (Wildman–Crippen MR) is 156 cm³/mol. The third-order valence-corrected chi connectivity index (χ3v) is 8.25. The second kappa shape index (κ2) is 13.3. The first-order valence-corrected chi connectivity index (χ1v) is 14.0. The van der Waals surface area contributed by atoms with Gasteiger partial charge in [0.2, 0.25) is 11.5 Å². The van der Waals surface area contributed by atoms with Gasteiger partial charge in [0.15, 0.2) is 40.6 Å². The summed E-state index contributed by atoms with van der Waals surface area (Å²) in [6.07, 6.45) is -3.02. The van der Waals surface area contributed by atoms with Gasteiger partial charge < -0.3 is 58.3 Å². The van der Waals surface area contributed by atoms with E-state index < -0.39 is 18.8 Å². The summed E-state index contributed by atoms with van der Waals surface area (Å²) in [5, 5.41) is 41.5. The number of hydrogen-bond acceptors (Lipinski definition) is 12. The van der Waals surface area contributed by atoms with Crippen LogP contribution < -0.4 is 28.4 Å². The summed E-state index contributed by atoms with van der Waals surface area (Å²) >= 11 is 0. The molecular weight excluding hydrogens is 576 g/mol. The fraction of sp³-hybridized carbons (Fsp3) is 0.438. The van der Waals surface area contributed by atoms with Crippen LogP contribution in [-0.2, 0) is 9.47 Å². The minimum Gasteiger partial charge on any atom is -0.504 e. The van der Waals surface area contributed by atoms with E-state index in [0.29, 0.717) is 41.8 Å². The van der Waals surface area contributed by atoms with Crippen molar-refractivity contribution in [2.24, 2.45) is 11.8 Å². The molecule has 0 spiro atoms. The summed E-state index contributed by atoms with van der Waals surface area (Å²) < 4.78 is 45.8. The van der Waals surface area contributed by atoms with E-state index in [2.05, 4.69) is 0 Å². The number of hydrogen-bond donors (Lipinski definition) is 4. The molecule has 4 N–H and O–H groups in total. The lowest BCUT2D eigenvalue weighted by atomic mass is 9.84. The quantitative estimate of drug-likeness (QED) is 0.235. The summed E-state index contributed by atoms with van der Waals surface area (Å²) in [6.45, 7) is 0.339. The van der Waals surface area contributed by atoms with Crippen molar-refractivity contribution in [1.82, 2.24) is 0 Å². The van der Waals surface area contributed by atoms with Crippen LogP contribution in [0.2, 0.25) is 0 Å². The Balaban J connectivity index is 1.40. The van der Waals surface area contributed by atoms with Crippen molar-refractivity contribution < 1.29 is 58.3 Å². The first-order valence-electron chi connectivity index (χ1n) is 14.0. The van der Waals surface area contributed by atoms with E-state index in [1.165, 1.54) is 53.7 Å². The molecule has 5 rings (SSSR count). The molecule has 2 fully saturated rings. The number of ether oxygens (including phenoxy) is 8. The third-order valence-electron chi connectivity index (χ3n) is 8.25. The topological polar surface area (TPSA) is 155 Å². The molecule has 2 saturated heterocycles. The zero-order valence-electron chi connectivity index (χ0n) is 25.2. The fourth-order valence-corrected chi connectivity index (χ4v) is 5.94. The van der Waals surface area contributed by atoms with Gasteiger partial charge in [0, 0.05) is 11.8 Å². The van der Waals surface area contributed by atoms with Gasteiger partial charge in [-0.1, -0.05) is 6.07 Å². The smallest absolute Gasteiger partial charge is 0.204 e. The van der Waals surface area contributed by atoms with Gasteiger partial charge in [-0.2, -0.15) is 0 Å². The van der Waals surface area contributed by atoms with Gasteiger partial charge in [-0.25, -0.2) is 0 Å². The summed E-state index contributed by atoms with van der Waals surface area (Å²) in [4.78, 5) is 0. The Bertz CT molecular complexity index is 1410. The second-order valence-electron chi connectivity index (χ2n) is 10.6. The average molecular weight is 615 g/mol. The van der Waals surface area contributed by atoms with Crippen LogP contribution in [0.1, 0.15) is 35.0 Å². The van der Waals surface area contributed by atoms with Crippen LogP contribution in [0.15, 0.2) is 42.5 Å². The number of aliphatic hydroxyl groups excluding tert-OH is 2. The Morgan fingerprint density at radius 2 is 1.18 bits per heavy atom. The lowest BCUT2D eigenvalue weighted by Gasteiger charge is -2.26. The molecule has 3 aromatic rings. The molecule has 2 aliphatic rings. The van der Waals surface area contributed by atoms with Crippen molar-refractivity contribution in [3.05, 3.63) is 59.2 Å². The minimum atomic E-state index is -1.27. The number of phenols is 2. The van der Waals surface area contributed by atoms with Crippen LogP contribution >= 0.6 is 0 Å². The van der Waals surface area contributed by atoms with E-state index in [1.54, 1.807) is 24.3 Å². The van der Waals surface area contributed by atoms with E-state index in [9.17, 15) is 20.4 Å². The Labute approximate surface area is 255 Å². The molecule has 3 aromatic carbocycles. The monoisotopic (exact) mass is 614 g/mol. The average Bonchev–Trinajstić information content (AvgIpc) is 3.66. The molecule has 0 aromatic heterocycles. The van der Waals surface area contributed by atoms with Gasteiger partial charge in [0.05, 0.1) is 67.6 Å². The van der Waals surface area contributed by atoms with Crippen LogP contribution in [0.4, 0.5) is 0 Å². The molecule has 0 saturated carbocycles. The molecule has 6 atom stereocenters. The molecule has 0 radical (unpaired) electrons. The number of fused-ring (bicyclic) bond motifs is 1. The lowest BCUT2D eigenvalue weighted by Crippen LogP contribution is -2.29. The molecule has 4 unspecified atom stereocenters. The van der Waals surface area contributed by atoms with Crippen molar-refractivity contribution in [3.63, 3.8) is 0 Å². The van der Waals surface area contributed by atoms with Gasteiger partial charge in [-0.3, -0.25) is 0 Å². The highest BCUT2D eigenvalue weighted by Crippen LogP contribution is 2.53. The summed E-state index contributed by atoms with van der Waals surface area (Å²) in [7, 11) is 7.33. The minimum absolute atomic E-state index is 0.00321. The molecule has 0 aliphatic carbocycles. The molecule has 12 heteroatoms. The summed E-state index contributed by atoms with van der Waals surface area (Å²) in [5.41, 5.74) is 1.97. The van der Waals surface area contributed by atoms with Gasteiger partial charge in [0.25, 0.3) is 0 Å². The van der Waals surface area contributed by atoms with Gasteiger partial charge >= 0.3 is 0 Å². The number of aliphatic hydroxyl groups is 2. The fourth-order valence-electron chi connectivity index (χ4n) is 5.94. The maximum absolute atomic E-state index is 11.0. The number of rotatable bonds is 12. The van der Waals surface area contributed by atoms with Crippen LogP contribution in [0.25, 0.3) is 0 Å². The highest BCUT2D eigenvalue weighted by Gasteiger charge is 2.48. The molecule has 0 amide bonds. The standard InChI is InChI=1S/C32H38O12/c1-37-22-8-16(6-7-21(22)34)28(35)27(13-33)44-32-25(40-4)11-18(12-26(32)41-5)31-20-15-42-30(19(20)14-43-31)17-9-23(38-2)29(36)24(10-17)39-3/h6-12,19-20,27-28,30-31,33-36H,13-15H2,1-5H3/t19?,20?,27-,28+,30?,31?/m1/s1. The highest BCUT2D eigenvalue weighted by atomic mass is 16.6. The predicted octanol–water partition coefficient (Wildman–Crippen LogP) is 3.69. The number of benzene rings is 3. The normalized spacial score (nSPS) is 22.2. The van der Waals surface area contributed by atoms with Crippen molar-refractivity contribution >= 4 is 0 Å². The summed E-state index contributed by atoms with van der Waals surface area (Å²) in [6, 6.07) is 11.4. The molecule has 0 bridgehead atoms. The number of aromatic hydroxyl groups is 2. The van der Waals surface area contributed by atoms with Crippen molar-refractivity contribution in [2.75, 3.05) is 55.4 Å². The van der Waals surface area contributed by atoms with Crippen molar-refractivity contribution in [2.45, 2.75) is 24.4 Å². The third kappa shape index (κ3) is 5.73. The van der Waals surface area contributed by atoms with Crippen molar-refractivity contribution in [3.8, 4) is 46.0 Å². The maximum Gasteiger partial charge on any atom is 0.204 e. The second-order valence-corrected chi connectivity index (χ2v) is 10.6. The first-order chi connectivity index (χ1) is 21.3. The first kappa shape index (κ1) is 31.3. The maximum atomic E-state index is 11.0. The van der Waals surface area contributed by atoms with Crippen LogP contribution in [0, 0.1) is 11.8 Å². The highest BCUT2D eigenvalue weighted by molar-refractivity contribution is 5.55. The van der Waals surface area contributed by atoms with Crippen LogP contribution in [-0.4, -0.2) is 81.9 Å². The number of phenolic OH excluding ortho intramolecular Hbond substituents is 2.